The number of hydrogen-bond donors (Lipinski definition) is 1. The maximum Gasteiger partial charge on any atom is 0.193 e. The number of halogens is 2. The van der Waals surface area contributed by atoms with E-state index >= 15 is 0 Å². The summed E-state index contributed by atoms with van der Waals surface area (Å²) in [4.78, 5) is 9.18. The SMILES string of the molecule is CCOCCC1(CNC(=NC)N2CCN(Cc3ccc(OC)c(F)c3)CC2)CC1.I. The summed E-state index contributed by atoms with van der Waals surface area (Å²) in [7, 11) is 3.34. The Morgan fingerprint density at radius 2 is 1.97 bits per heavy atom. The molecule has 0 spiro atoms. The Labute approximate surface area is 197 Å². The lowest BCUT2D eigenvalue weighted by atomic mass is 10.0. The lowest BCUT2D eigenvalue weighted by molar-refractivity contribution is 0.128. The summed E-state index contributed by atoms with van der Waals surface area (Å²) in [6.07, 6.45) is 3.67. The second-order valence-electron chi connectivity index (χ2n) is 8.08. The number of ether oxygens (including phenoxy) is 2. The Kier molecular flexibility index (Phi) is 10.1. The molecule has 0 radical (unpaired) electrons. The van der Waals surface area contributed by atoms with Crippen LogP contribution in [0.15, 0.2) is 23.2 Å². The van der Waals surface area contributed by atoms with Gasteiger partial charge in [0.05, 0.1) is 7.11 Å². The number of rotatable bonds is 9. The zero-order chi connectivity index (χ0) is 20.7. The Balaban J connectivity index is 0.00000320. The van der Waals surface area contributed by atoms with Gasteiger partial charge in [-0.2, -0.15) is 0 Å². The fourth-order valence-electron chi connectivity index (χ4n) is 3.91. The zero-order valence-electron chi connectivity index (χ0n) is 18.5. The Morgan fingerprint density at radius 3 is 2.53 bits per heavy atom. The van der Waals surface area contributed by atoms with Crippen LogP contribution in [0.2, 0.25) is 0 Å². The number of guanidine groups is 1. The van der Waals surface area contributed by atoms with E-state index in [9.17, 15) is 4.39 Å². The van der Waals surface area contributed by atoms with Crippen LogP contribution in [0.25, 0.3) is 0 Å². The molecule has 1 aliphatic heterocycles. The van der Waals surface area contributed by atoms with Crippen molar-refractivity contribution in [3.63, 3.8) is 0 Å². The molecule has 1 heterocycles. The molecule has 1 saturated carbocycles. The van der Waals surface area contributed by atoms with Crippen LogP contribution in [0.4, 0.5) is 4.39 Å². The molecule has 1 aromatic carbocycles. The van der Waals surface area contributed by atoms with Crippen molar-refractivity contribution in [2.24, 2.45) is 10.4 Å². The van der Waals surface area contributed by atoms with Gasteiger partial charge in [-0.05, 0) is 49.3 Å². The first-order valence-electron chi connectivity index (χ1n) is 10.7. The average molecular weight is 534 g/mol. The number of nitrogens with one attached hydrogen (secondary N) is 1. The lowest BCUT2D eigenvalue weighted by Crippen LogP contribution is -2.52. The lowest BCUT2D eigenvalue weighted by Gasteiger charge is -2.37. The smallest absolute Gasteiger partial charge is 0.193 e. The van der Waals surface area contributed by atoms with Gasteiger partial charge in [0.2, 0.25) is 0 Å². The van der Waals surface area contributed by atoms with Crippen LogP contribution < -0.4 is 10.1 Å². The Bertz CT molecular complexity index is 692. The predicted molar refractivity (Wildman–Crippen MR) is 129 cm³/mol. The third-order valence-corrected chi connectivity index (χ3v) is 6.07. The van der Waals surface area contributed by atoms with Crippen LogP contribution >= 0.6 is 24.0 Å². The van der Waals surface area contributed by atoms with E-state index in [1.54, 1.807) is 12.1 Å². The van der Waals surface area contributed by atoms with Gasteiger partial charge < -0.3 is 19.7 Å². The van der Waals surface area contributed by atoms with Crippen LogP contribution in [0.5, 0.6) is 5.75 Å². The van der Waals surface area contributed by atoms with Gasteiger partial charge in [0.15, 0.2) is 17.5 Å². The van der Waals surface area contributed by atoms with Gasteiger partial charge in [-0.1, -0.05) is 6.07 Å². The van der Waals surface area contributed by atoms with Crippen LogP contribution in [0.3, 0.4) is 0 Å². The molecule has 0 bridgehead atoms. The van der Waals surface area contributed by atoms with E-state index in [-0.39, 0.29) is 29.8 Å². The van der Waals surface area contributed by atoms with E-state index in [0.29, 0.717) is 11.2 Å². The molecule has 1 N–H and O–H groups in total. The maximum absolute atomic E-state index is 13.9. The molecule has 1 aromatic rings. The van der Waals surface area contributed by atoms with Gasteiger partial charge in [0, 0.05) is 59.5 Å². The molecule has 0 amide bonds. The summed E-state index contributed by atoms with van der Waals surface area (Å²) in [6.45, 7) is 9.12. The van der Waals surface area contributed by atoms with Crippen molar-refractivity contribution in [3.8, 4) is 5.75 Å². The number of piperazine rings is 1. The number of methoxy groups -OCH3 is 1. The fourth-order valence-corrected chi connectivity index (χ4v) is 3.91. The highest BCUT2D eigenvalue weighted by Crippen LogP contribution is 2.48. The Morgan fingerprint density at radius 1 is 1.23 bits per heavy atom. The van der Waals surface area contributed by atoms with Gasteiger partial charge in [-0.15, -0.1) is 24.0 Å². The molecule has 30 heavy (non-hydrogen) atoms. The molecular weight excluding hydrogens is 498 g/mol. The highest BCUT2D eigenvalue weighted by Gasteiger charge is 2.42. The van der Waals surface area contributed by atoms with Gasteiger partial charge in [0.1, 0.15) is 0 Å². The molecule has 8 heteroatoms. The first kappa shape index (κ1) is 25.1. The minimum absolute atomic E-state index is 0. The zero-order valence-corrected chi connectivity index (χ0v) is 20.8. The molecule has 1 aliphatic carbocycles. The normalized spacial score (nSPS) is 18.7. The fraction of sp³-hybridized carbons (Fsp3) is 0.682. The number of nitrogens with zero attached hydrogens (tertiary/aromatic N) is 3. The summed E-state index contributed by atoms with van der Waals surface area (Å²) in [6, 6.07) is 5.21. The second-order valence-corrected chi connectivity index (χ2v) is 8.08. The highest BCUT2D eigenvalue weighted by atomic mass is 127. The van der Waals surface area contributed by atoms with E-state index in [1.807, 2.05) is 20.0 Å². The van der Waals surface area contributed by atoms with Crippen molar-refractivity contribution in [1.82, 2.24) is 15.1 Å². The first-order chi connectivity index (χ1) is 14.1. The molecule has 0 aromatic heterocycles. The number of hydrogen-bond acceptors (Lipinski definition) is 4. The van der Waals surface area contributed by atoms with Gasteiger partial charge in [-0.3, -0.25) is 9.89 Å². The molecule has 6 nitrogen and oxygen atoms in total. The van der Waals surface area contributed by atoms with Crippen molar-refractivity contribution in [3.05, 3.63) is 29.6 Å². The summed E-state index contributed by atoms with van der Waals surface area (Å²) in [5.74, 6) is 0.984. The monoisotopic (exact) mass is 534 g/mol. The van der Waals surface area contributed by atoms with E-state index in [4.69, 9.17) is 9.47 Å². The van der Waals surface area contributed by atoms with Gasteiger partial charge in [-0.25, -0.2) is 4.39 Å². The molecule has 3 rings (SSSR count). The third-order valence-electron chi connectivity index (χ3n) is 6.07. The summed E-state index contributed by atoms with van der Waals surface area (Å²) in [5, 5.41) is 3.59. The van der Waals surface area contributed by atoms with Gasteiger partial charge in [0.25, 0.3) is 0 Å². The Hall–Kier alpha value is -1.13. The molecule has 2 aliphatic rings. The van der Waals surface area contributed by atoms with Crippen molar-refractivity contribution in [1.29, 1.82) is 0 Å². The average Bonchev–Trinajstić information content (AvgIpc) is 3.50. The molecule has 0 atom stereocenters. The number of aliphatic imine (C=N–C) groups is 1. The topological polar surface area (TPSA) is 49.3 Å². The molecule has 0 unspecified atom stereocenters. The minimum atomic E-state index is -0.299. The summed E-state index contributed by atoms with van der Waals surface area (Å²) < 4.78 is 24.5. The highest BCUT2D eigenvalue weighted by molar-refractivity contribution is 14.0. The maximum atomic E-state index is 13.9. The van der Waals surface area contributed by atoms with Crippen LogP contribution in [-0.2, 0) is 11.3 Å². The molecule has 170 valence electrons. The summed E-state index contributed by atoms with van der Waals surface area (Å²) in [5.41, 5.74) is 1.37. The first-order valence-corrected chi connectivity index (χ1v) is 10.7. The standard InChI is InChI=1S/C22H35FN4O2.HI/c1-4-29-14-9-22(7-8-22)17-25-21(24-2)27-12-10-26(11-13-27)16-18-5-6-20(28-3)19(23)15-18;/h5-6,15H,4,7-14,16-17H2,1-3H3,(H,24,25);1H. The predicted octanol–water partition coefficient (Wildman–Crippen LogP) is 3.35. The van der Waals surface area contributed by atoms with Crippen molar-refractivity contribution in [2.45, 2.75) is 32.7 Å². The second kappa shape index (κ2) is 12.0. The third kappa shape index (κ3) is 6.95. The van der Waals surface area contributed by atoms with E-state index in [0.717, 1.165) is 70.4 Å². The van der Waals surface area contributed by atoms with E-state index in [1.165, 1.54) is 20.0 Å². The van der Waals surface area contributed by atoms with Crippen LogP contribution in [0.1, 0.15) is 31.7 Å². The van der Waals surface area contributed by atoms with Crippen molar-refractivity contribution >= 4 is 29.9 Å². The molecular formula is C22H36FIN4O2. The largest absolute Gasteiger partial charge is 0.494 e. The summed E-state index contributed by atoms with van der Waals surface area (Å²) >= 11 is 0. The van der Waals surface area contributed by atoms with Crippen molar-refractivity contribution < 1.29 is 13.9 Å². The van der Waals surface area contributed by atoms with Crippen molar-refractivity contribution in [2.75, 3.05) is 60.1 Å². The van der Waals surface area contributed by atoms with Crippen LogP contribution in [-0.4, -0.2) is 75.9 Å². The van der Waals surface area contributed by atoms with E-state index in [2.05, 4.69) is 20.1 Å². The minimum Gasteiger partial charge on any atom is -0.494 e. The van der Waals surface area contributed by atoms with Gasteiger partial charge >= 0.3 is 0 Å². The molecule has 1 saturated heterocycles. The van der Waals surface area contributed by atoms with Crippen LogP contribution in [0, 0.1) is 11.2 Å². The quantitative estimate of drug-likeness (QED) is 0.228. The molecule has 2 fully saturated rings. The number of benzene rings is 1. The van der Waals surface area contributed by atoms with E-state index < -0.39 is 0 Å².